The zero-order chi connectivity index (χ0) is 10.7. The van der Waals surface area contributed by atoms with E-state index >= 15 is 0 Å². The van der Waals surface area contributed by atoms with Crippen LogP contribution in [0.4, 0.5) is 0 Å². The SMILES string of the molecule is Cl.O=C(O)c1ccccc1[C@@H]1CCCCN1. The minimum Gasteiger partial charge on any atom is -0.478 e. The number of nitrogens with one attached hydrogen (secondary N) is 1. The van der Waals surface area contributed by atoms with Crippen molar-refractivity contribution in [2.24, 2.45) is 0 Å². The standard InChI is InChI=1S/C12H15NO2.ClH/c14-12(15)10-6-2-1-5-9(10)11-7-3-4-8-13-11;/h1-2,5-6,11,13H,3-4,7-8H2,(H,14,15);1H/t11-;/m0./s1. The zero-order valence-corrected chi connectivity index (χ0v) is 9.80. The van der Waals surface area contributed by atoms with Crippen molar-refractivity contribution >= 4 is 18.4 Å². The van der Waals surface area contributed by atoms with E-state index < -0.39 is 5.97 Å². The third-order valence-electron chi connectivity index (χ3n) is 2.88. The maximum Gasteiger partial charge on any atom is 0.336 e. The molecule has 3 nitrogen and oxygen atoms in total. The Labute approximate surface area is 101 Å². The van der Waals surface area contributed by atoms with Gasteiger partial charge in [-0.3, -0.25) is 0 Å². The maximum absolute atomic E-state index is 11.0. The van der Waals surface area contributed by atoms with Gasteiger partial charge >= 0.3 is 5.97 Å². The summed E-state index contributed by atoms with van der Waals surface area (Å²) in [6.45, 7) is 0.985. The van der Waals surface area contributed by atoms with Crippen molar-refractivity contribution in [2.45, 2.75) is 25.3 Å². The van der Waals surface area contributed by atoms with Crippen LogP contribution in [0.15, 0.2) is 24.3 Å². The quantitative estimate of drug-likeness (QED) is 0.837. The number of piperidine rings is 1. The Kier molecular flexibility index (Phi) is 4.77. The van der Waals surface area contributed by atoms with Gasteiger partial charge in [0.1, 0.15) is 0 Å². The van der Waals surface area contributed by atoms with Crippen molar-refractivity contribution in [2.75, 3.05) is 6.54 Å². The molecule has 1 fully saturated rings. The highest BCUT2D eigenvalue weighted by molar-refractivity contribution is 5.89. The minimum absolute atomic E-state index is 0. The lowest BCUT2D eigenvalue weighted by Gasteiger charge is -2.24. The first-order chi connectivity index (χ1) is 7.29. The summed E-state index contributed by atoms with van der Waals surface area (Å²) in [6, 6.07) is 7.47. The second-order valence-electron chi connectivity index (χ2n) is 3.89. The molecule has 0 bridgehead atoms. The Morgan fingerprint density at radius 1 is 1.31 bits per heavy atom. The van der Waals surface area contributed by atoms with E-state index in [0.29, 0.717) is 5.56 Å². The molecule has 88 valence electrons. The average Bonchev–Trinajstić information content (AvgIpc) is 2.30. The lowest BCUT2D eigenvalue weighted by molar-refractivity contribution is 0.0694. The number of aromatic carboxylic acids is 1. The van der Waals surface area contributed by atoms with Gasteiger partial charge < -0.3 is 10.4 Å². The van der Waals surface area contributed by atoms with Gasteiger partial charge in [0.2, 0.25) is 0 Å². The fraction of sp³-hybridized carbons (Fsp3) is 0.417. The van der Waals surface area contributed by atoms with Gasteiger partial charge in [0.05, 0.1) is 5.56 Å². The van der Waals surface area contributed by atoms with Crippen LogP contribution in [0, 0.1) is 0 Å². The molecular formula is C12H16ClNO2. The van der Waals surface area contributed by atoms with E-state index in [1.165, 1.54) is 12.8 Å². The van der Waals surface area contributed by atoms with Crippen LogP contribution in [0.3, 0.4) is 0 Å². The molecule has 0 aromatic heterocycles. The number of rotatable bonds is 2. The van der Waals surface area contributed by atoms with Crippen LogP contribution < -0.4 is 5.32 Å². The van der Waals surface area contributed by atoms with E-state index in [0.717, 1.165) is 18.5 Å². The second-order valence-corrected chi connectivity index (χ2v) is 3.89. The Morgan fingerprint density at radius 2 is 2.06 bits per heavy atom. The first-order valence-corrected chi connectivity index (χ1v) is 5.34. The normalized spacial score (nSPS) is 19.9. The molecule has 4 heteroatoms. The molecule has 0 radical (unpaired) electrons. The fourth-order valence-corrected chi connectivity index (χ4v) is 2.11. The second kappa shape index (κ2) is 5.87. The highest BCUT2D eigenvalue weighted by Crippen LogP contribution is 2.25. The van der Waals surface area contributed by atoms with Crippen LogP contribution in [0.5, 0.6) is 0 Å². The molecule has 0 aliphatic carbocycles. The average molecular weight is 242 g/mol. The molecule has 2 N–H and O–H groups in total. The first-order valence-electron chi connectivity index (χ1n) is 5.34. The number of hydrogen-bond acceptors (Lipinski definition) is 2. The van der Waals surface area contributed by atoms with Gasteiger partial charge in [0.15, 0.2) is 0 Å². The topological polar surface area (TPSA) is 49.3 Å². The van der Waals surface area contributed by atoms with Gasteiger partial charge in [-0.25, -0.2) is 4.79 Å². The van der Waals surface area contributed by atoms with E-state index in [-0.39, 0.29) is 18.4 Å². The van der Waals surface area contributed by atoms with E-state index in [1.54, 1.807) is 12.1 Å². The predicted molar refractivity (Wildman–Crippen MR) is 65.2 cm³/mol. The van der Waals surface area contributed by atoms with Crippen LogP contribution in [0.2, 0.25) is 0 Å². The van der Waals surface area contributed by atoms with E-state index in [1.807, 2.05) is 12.1 Å². The number of hydrogen-bond donors (Lipinski definition) is 2. The van der Waals surface area contributed by atoms with Crippen molar-refractivity contribution in [3.63, 3.8) is 0 Å². The molecule has 1 aliphatic rings. The Balaban J connectivity index is 0.00000128. The molecule has 0 amide bonds. The number of carbonyl (C=O) groups is 1. The maximum atomic E-state index is 11.0. The molecule has 16 heavy (non-hydrogen) atoms. The number of halogens is 1. The van der Waals surface area contributed by atoms with Crippen LogP contribution >= 0.6 is 12.4 Å². The zero-order valence-electron chi connectivity index (χ0n) is 8.98. The Morgan fingerprint density at radius 3 is 2.69 bits per heavy atom. The van der Waals surface area contributed by atoms with Crippen molar-refractivity contribution in [1.29, 1.82) is 0 Å². The van der Waals surface area contributed by atoms with E-state index in [9.17, 15) is 4.79 Å². The van der Waals surface area contributed by atoms with Gasteiger partial charge in [0.25, 0.3) is 0 Å². The molecule has 2 rings (SSSR count). The van der Waals surface area contributed by atoms with Gasteiger partial charge in [-0.05, 0) is 31.0 Å². The van der Waals surface area contributed by atoms with Crippen LogP contribution in [0.25, 0.3) is 0 Å². The third kappa shape index (κ3) is 2.74. The molecule has 0 unspecified atom stereocenters. The number of carboxylic acids is 1. The van der Waals surface area contributed by atoms with Gasteiger partial charge in [-0.15, -0.1) is 12.4 Å². The highest BCUT2D eigenvalue weighted by Gasteiger charge is 2.19. The van der Waals surface area contributed by atoms with Gasteiger partial charge in [-0.1, -0.05) is 24.6 Å². The van der Waals surface area contributed by atoms with Crippen molar-refractivity contribution in [1.82, 2.24) is 5.32 Å². The molecule has 1 aliphatic heterocycles. The van der Waals surface area contributed by atoms with Crippen molar-refractivity contribution in [3.05, 3.63) is 35.4 Å². The van der Waals surface area contributed by atoms with E-state index in [2.05, 4.69) is 5.32 Å². The molecule has 1 aromatic rings. The molecule has 1 aromatic carbocycles. The summed E-state index contributed by atoms with van der Waals surface area (Å²) < 4.78 is 0. The molecule has 1 saturated heterocycles. The highest BCUT2D eigenvalue weighted by atomic mass is 35.5. The monoisotopic (exact) mass is 241 g/mol. The largest absolute Gasteiger partial charge is 0.478 e. The summed E-state index contributed by atoms with van der Waals surface area (Å²) >= 11 is 0. The Hall–Kier alpha value is -1.06. The van der Waals surface area contributed by atoms with Gasteiger partial charge in [0, 0.05) is 6.04 Å². The molecule has 1 atom stereocenters. The summed E-state index contributed by atoms with van der Waals surface area (Å²) in [5.74, 6) is -0.835. The summed E-state index contributed by atoms with van der Waals surface area (Å²) in [5.41, 5.74) is 1.35. The predicted octanol–water partition coefficient (Wildman–Crippen LogP) is 2.62. The van der Waals surface area contributed by atoms with Crippen molar-refractivity contribution < 1.29 is 9.90 Å². The van der Waals surface area contributed by atoms with E-state index in [4.69, 9.17) is 5.11 Å². The summed E-state index contributed by atoms with van der Waals surface area (Å²) in [6.07, 6.45) is 3.39. The number of carboxylic acid groups (broad SMARTS) is 1. The van der Waals surface area contributed by atoms with Crippen LogP contribution in [-0.2, 0) is 0 Å². The molecule has 0 spiro atoms. The lowest BCUT2D eigenvalue weighted by Crippen LogP contribution is -2.28. The third-order valence-corrected chi connectivity index (χ3v) is 2.88. The summed E-state index contributed by atoms with van der Waals surface area (Å²) in [5, 5.41) is 12.4. The van der Waals surface area contributed by atoms with Crippen molar-refractivity contribution in [3.8, 4) is 0 Å². The first kappa shape index (κ1) is 13.0. The summed E-state index contributed by atoms with van der Waals surface area (Å²) in [4.78, 5) is 11.0. The lowest BCUT2D eigenvalue weighted by atomic mass is 9.94. The number of benzene rings is 1. The molecular weight excluding hydrogens is 226 g/mol. The molecule has 1 heterocycles. The molecule has 0 saturated carbocycles. The van der Waals surface area contributed by atoms with Crippen LogP contribution in [-0.4, -0.2) is 17.6 Å². The summed E-state index contributed by atoms with van der Waals surface area (Å²) in [7, 11) is 0. The Bertz CT molecular complexity index is 362. The smallest absolute Gasteiger partial charge is 0.336 e. The van der Waals surface area contributed by atoms with Gasteiger partial charge in [-0.2, -0.15) is 0 Å². The minimum atomic E-state index is -0.835. The fourth-order valence-electron chi connectivity index (χ4n) is 2.11. The van der Waals surface area contributed by atoms with Crippen LogP contribution in [0.1, 0.15) is 41.2 Å².